The number of benzene rings is 1. The van der Waals surface area contributed by atoms with E-state index in [2.05, 4.69) is 51.2 Å². The highest BCUT2D eigenvalue weighted by Crippen LogP contribution is 2.41. The summed E-state index contributed by atoms with van der Waals surface area (Å²) in [5, 5.41) is 3.64. The van der Waals surface area contributed by atoms with Crippen molar-refractivity contribution >= 4 is 12.6 Å². The Kier molecular flexibility index (Phi) is 2.85. The van der Waals surface area contributed by atoms with E-state index in [0.717, 1.165) is 17.9 Å². The normalized spacial score (nSPS) is 32.3. The molecule has 0 radical (unpaired) electrons. The van der Waals surface area contributed by atoms with Crippen LogP contribution < -0.4 is 10.8 Å². The molecule has 4 heteroatoms. The van der Waals surface area contributed by atoms with Crippen molar-refractivity contribution in [2.24, 2.45) is 5.92 Å². The van der Waals surface area contributed by atoms with Gasteiger partial charge in [-0.1, -0.05) is 18.2 Å². The second kappa shape index (κ2) is 4.34. The maximum atomic E-state index is 6.18. The van der Waals surface area contributed by atoms with Crippen LogP contribution in [0.25, 0.3) is 0 Å². The zero-order valence-electron chi connectivity index (χ0n) is 13.4. The lowest BCUT2D eigenvalue weighted by molar-refractivity contribution is 0.00578. The molecule has 2 heterocycles. The third-order valence-electron chi connectivity index (χ3n) is 5.86. The van der Waals surface area contributed by atoms with Crippen LogP contribution in [0, 0.1) is 5.92 Å². The van der Waals surface area contributed by atoms with Crippen LogP contribution in [0.1, 0.15) is 51.3 Å². The Bertz CT molecular complexity index is 568. The lowest BCUT2D eigenvalue weighted by Gasteiger charge is -2.32. The molecule has 112 valence electrons. The van der Waals surface area contributed by atoms with Crippen molar-refractivity contribution in [3.63, 3.8) is 0 Å². The summed E-state index contributed by atoms with van der Waals surface area (Å²) in [6.45, 7) is 9.57. The van der Waals surface area contributed by atoms with E-state index in [1.165, 1.54) is 24.0 Å². The summed E-state index contributed by atoms with van der Waals surface area (Å²) in [5.41, 5.74) is 3.57. The number of fused-ring (bicyclic) bond motifs is 3. The molecule has 2 aliphatic heterocycles. The maximum absolute atomic E-state index is 6.18. The Hall–Kier alpha value is -0.835. The third kappa shape index (κ3) is 2.00. The van der Waals surface area contributed by atoms with Gasteiger partial charge in [0.1, 0.15) is 0 Å². The van der Waals surface area contributed by atoms with Crippen LogP contribution in [-0.2, 0) is 15.7 Å². The lowest BCUT2D eigenvalue weighted by Crippen LogP contribution is -2.41. The first-order valence-electron chi connectivity index (χ1n) is 8.09. The van der Waals surface area contributed by atoms with Gasteiger partial charge in [-0.2, -0.15) is 0 Å². The highest BCUT2D eigenvalue weighted by molar-refractivity contribution is 6.62. The van der Waals surface area contributed by atoms with Crippen LogP contribution in [0.15, 0.2) is 18.2 Å². The summed E-state index contributed by atoms with van der Waals surface area (Å²) < 4.78 is 12.4. The molecule has 21 heavy (non-hydrogen) atoms. The van der Waals surface area contributed by atoms with E-state index in [-0.39, 0.29) is 18.3 Å². The minimum Gasteiger partial charge on any atom is -0.399 e. The molecule has 2 saturated heterocycles. The molecular weight excluding hydrogens is 261 g/mol. The molecule has 0 bridgehead atoms. The molecular formula is C17H24BNO2. The zero-order chi connectivity index (χ0) is 14.8. The van der Waals surface area contributed by atoms with Crippen molar-refractivity contribution in [2.75, 3.05) is 6.54 Å². The van der Waals surface area contributed by atoms with Crippen molar-refractivity contribution in [1.29, 1.82) is 0 Å². The van der Waals surface area contributed by atoms with Gasteiger partial charge in [-0.25, -0.2) is 0 Å². The van der Waals surface area contributed by atoms with Crippen LogP contribution in [-0.4, -0.2) is 24.9 Å². The van der Waals surface area contributed by atoms with E-state index in [1.807, 2.05) is 0 Å². The fourth-order valence-electron chi connectivity index (χ4n) is 3.84. The van der Waals surface area contributed by atoms with Crippen molar-refractivity contribution in [3.05, 3.63) is 29.3 Å². The SMILES string of the molecule is CC1(C)OB(c2ccc3c(c2)C2NCCC2C3)OC1(C)C. The lowest BCUT2D eigenvalue weighted by atomic mass is 9.77. The van der Waals surface area contributed by atoms with Gasteiger partial charge in [-0.3, -0.25) is 0 Å². The van der Waals surface area contributed by atoms with E-state index < -0.39 is 0 Å². The smallest absolute Gasteiger partial charge is 0.399 e. The Labute approximate surface area is 127 Å². The highest BCUT2D eigenvalue weighted by atomic mass is 16.7. The first kappa shape index (κ1) is 13.8. The zero-order valence-corrected chi connectivity index (χ0v) is 13.4. The summed E-state index contributed by atoms with van der Waals surface area (Å²) >= 11 is 0. The van der Waals surface area contributed by atoms with Crippen LogP contribution in [0.4, 0.5) is 0 Å². The minimum atomic E-state index is -0.273. The van der Waals surface area contributed by atoms with Gasteiger partial charge in [-0.05, 0) is 69.6 Å². The fourth-order valence-corrected chi connectivity index (χ4v) is 3.84. The summed E-state index contributed by atoms with van der Waals surface area (Å²) in [6.07, 6.45) is 2.52. The van der Waals surface area contributed by atoms with Crippen molar-refractivity contribution in [3.8, 4) is 0 Å². The van der Waals surface area contributed by atoms with Gasteiger partial charge in [0.25, 0.3) is 0 Å². The summed E-state index contributed by atoms with van der Waals surface area (Å²) in [7, 11) is -0.249. The van der Waals surface area contributed by atoms with Crippen molar-refractivity contribution in [1.82, 2.24) is 5.32 Å². The minimum absolute atomic E-state index is 0.249. The third-order valence-corrected chi connectivity index (χ3v) is 5.86. The van der Waals surface area contributed by atoms with Gasteiger partial charge in [0.2, 0.25) is 0 Å². The van der Waals surface area contributed by atoms with Gasteiger partial charge < -0.3 is 14.6 Å². The summed E-state index contributed by atoms with van der Waals surface area (Å²) in [6, 6.07) is 7.31. The molecule has 3 aliphatic rings. The molecule has 0 aromatic heterocycles. The topological polar surface area (TPSA) is 30.5 Å². The Morgan fingerprint density at radius 2 is 1.86 bits per heavy atom. The van der Waals surface area contributed by atoms with Gasteiger partial charge in [0.05, 0.1) is 11.2 Å². The summed E-state index contributed by atoms with van der Waals surface area (Å²) in [4.78, 5) is 0. The predicted octanol–water partition coefficient (Wildman–Crippen LogP) is 2.19. The van der Waals surface area contributed by atoms with Crippen molar-refractivity contribution in [2.45, 2.75) is 57.8 Å². The van der Waals surface area contributed by atoms with Crippen LogP contribution in [0.5, 0.6) is 0 Å². The van der Waals surface area contributed by atoms with Gasteiger partial charge in [0, 0.05) is 6.04 Å². The first-order valence-corrected chi connectivity index (χ1v) is 8.09. The number of rotatable bonds is 1. The molecule has 2 fully saturated rings. The van der Waals surface area contributed by atoms with Crippen molar-refractivity contribution < 1.29 is 9.31 Å². The number of nitrogens with one attached hydrogen (secondary N) is 1. The standard InChI is InChI=1S/C17H24BNO2/c1-16(2)17(3,4)21-18(20-16)13-6-5-11-9-12-7-8-19-15(12)14(11)10-13/h5-6,10,12,15,19H,7-9H2,1-4H3. The molecule has 3 nitrogen and oxygen atoms in total. The monoisotopic (exact) mass is 285 g/mol. The largest absolute Gasteiger partial charge is 0.494 e. The van der Waals surface area contributed by atoms with E-state index in [4.69, 9.17) is 9.31 Å². The fraction of sp³-hybridized carbons (Fsp3) is 0.647. The first-order chi connectivity index (χ1) is 9.87. The molecule has 0 amide bonds. The molecule has 1 aromatic rings. The molecule has 1 aromatic carbocycles. The molecule has 2 atom stereocenters. The number of hydrogen-bond acceptors (Lipinski definition) is 3. The predicted molar refractivity (Wildman–Crippen MR) is 84.7 cm³/mol. The van der Waals surface area contributed by atoms with E-state index >= 15 is 0 Å². The second-order valence-corrected chi connectivity index (χ2v) is 7.73. The summed E-state index contributed by atoms with van der Waals surface area (Å²) in [5.74, 6) is 0.786. The van der Waals surface area contributed by atoms with Crippen LogP contribution >= 0.6 is 0 Å². The van der Waals surface area contributed by atoms with E-state index in [0.29, 0.717) is 6.04 Å². The van der Waals surface area contributed by atoms with Crippen LogP contribution in [0.2, 0.25) is 0 Å². The second-order valence-electron chi connectivity index (χ2n) is 7.73. The molecule has 1 N–H and O–H groups in total. The number of hydrogen-bond donors (Lipinski definition) is 1. The van der Waals surface area contributed by atoms with Gasteiger partial charge >= 0.3 is 7.12 Å². The maximum Gasteiger partial charge on any atom is 0.494 e. The van der Waals surface area contributed by atoms with E-state index in [1.54, 1.807) is 0 Å². The quantitative estimate of drug-likeness (QED) is 0.802. The van der Waals surface area contributed by atoms with E-state index in [9.17, 15) is 0 Å². The Balaban J connectivity index is 1.65. The molecule has 1 aliphatic carbocycles. The van der Waals surface area contributed by atoms with Gasteiger partial charge in [-0.15, -0.1) is 0 Å². The molecule has 4 rings (SSSR count). The average Bonchev–Trinajstić information content (AvgIpc) is 3.01. The molecule has 2 unspecified atom stereocenters. The highest BCUT2D eigenvalue weighted by Gasteiger charge is 2.52. The Morgan fingerprint density at radius 3 is 2.57 bits per heavy atom. The molecule has 0 saturated carbocycles. The van der Waals surface area contributed by atoms with Crippen LogP contribution in [0.3, 0.4) is 0 Å². The Morgan fingerprint density at radius 1 is 1.14 bits per heavy atom. The molecule has 0 spiro atoms. The van der Waals surface area contributed by atoms with Gasteiger partial charge in [0.15, 0.2) is 0 Å². The average molecular weight is 285 g/mol.